The van der Waals surface area contributed by atoms with Crippen LogP contribution in [0.4, 0.5) is 5.82 Å². The van der Waals surface area contributed by atoms with Crippen molar-refractivity contribution in [1.29, 1.82) is 0 Å². The van der Waals surface area contributed by atoms with Crippen molar-refractivity contribution in [1.82, 2.24) is 24.6 Å². The molecule has 1 fully saturated rings. The van der Waals surface area contributed by atoms with Crippen LogP contribution in [-0.2, 0) is 4.79 Å². The Morgan fingerprint density at radius 3 is 2.39 bits per heavy atom. The molecule has 23 heavy (non-hydrogen) atoms. The van der Waals surface area contributed by atoms with Gasteiger partial charge in [-0.15, -0.1) is 0 Å². The Hall–Kier alpha value is -2.44. The number of nitrogens with zero attached hydrogens (tertiary/aromatic N) is 6. The molecule has 7 nitrogen and oxygen atoms in total. The molecule has 2 aromatic heterocycles. The van der Waals surface area contributed by atoms with Crippen molar-refractivity contribution in [3.05, 3.63) is 29.8 Å². The molecular formula is C16H22N6O. The van der Waals surface area contributed by atoms with Crippen molar-refractivity contribution in [3.63, 3.8) is 0 Å². The molecule has 1 aliphatic rings. The first-order valence-corrected chi connectivity index (χ1v) is 7.97. The number of hydrogen-bond acceptors (Lipinski definition) is 5. The van der Waals surface area contributed by atoms with Crippen molar-refractivity contribution in [2.24, 2.45) is 0 Å². The minimum Gasteiger partial charge on any atom is -0.353 e. The average molecular weight is 314 g/mol. The third-order valence-corrected chi connectivity index (χ3v) is 4.12. The van der Waals surface area contributed by atoms with E-state index < -0.39 is 0 Å². The zero-order valence-corrected chi connectivity index (χ0v) is 13.9. The number of carbonyl (C=O) groups is 1. The summed E-state index contributed by atoms with van der Waals surface area (Å²) in [7, 11) is 0. The fraction of sp³-hybridized carbons (Fsp3) is 0.500. The minimum absolute atomic E-state index is 0.218. The lowest BCUT2D eigenvalue weighted by atomic mass is 10.3. The molecule has 3 rings (SSSR count). The molecule has 0 N–H and O–H groups in total. The lowest BCUT2D eigenvalue weighted by Gasteiger charge is -2.35. The van der Waals surface area contributed by atoms with E-state index >= 15 is 0 Å². The molecule has 0 atom stereocenters. The van der Waals surface area contributed by atoms with Crippen molar-refractivity contribution in [2.45, 2.75) is 27.2 Å². The van der Waals surface area contributed by atoms with Gasteiger partial charge in [0.15, 0.2) is 5.82 Å². The van der Waals surface area contributed by atoms with Gasteiger partial charge in [-0.1, -0.05) is 6.92 Å². The van der Waals surface area contributed by atoms with Crippen molar-refractivity contribution >= 4 is 11.7 Å². The standard InChI is InChI=1S/C16H22N6O/c1-4-16(23)21-7-5-20(6-8-21)14-10-15(18-11-17-14)22-13(3)9-12(2)19-22/h9-11H,4-8H2,1-3H3. The molecule has 1 aliphatic heterocycles. The van der Waals surface area contributed by atoms with Crippen LogP contribution in [0.3, 0.4) is 0 Å². The Balaban J connectivity index is 1.76. The third kappa shape index (κ3) is 3.18. The molecule has 0 aromatic carbocycles. The van der Waals surface area contributed by atoms with Gasteiger partial charge in [0.05, 0.1) is 5.69 Å². The van der Waals surface area contributed by atoms with Crippen LogP contribution in [0.25, 0.3) is 5.82 Å². The number of amides is 1. The van der Waals surface area contributed by atoms with E-state index in [0.717, 1.165) is 49.2 Å². The van der Waals surface area contributed by atoms with Crippen LogP contribution in [0, 0.1) is 13.8 Å². The first-order chi connectivity index (χ1) is 11.1. The van der Waals surface area contributed by atoms with E-state index in [1.165, 1.54) is 0 Å². The van der Waals surface area contributed by atoms with Gasteiger partial charge in [-0.05, 0) is 19.9 Å². The minimum atomic E-state index is 0.218. The summed E-state index contributed by atoms with van der Waals surface area (Å²) in [5.74, 6) is 1.87. The van der Waals surface area contributed by atoms with E-state index in [1.807, 2.05) is 42.5 Å². The molecule has 0 unspecified atom stereocenters. The highest BCUT2D eigenvalue weighted by atomic mass is 16.2. The van der Waals surface area contributed by atoms with Crippen LogP contribution < -0.4 is 4.90 Å². The van der Waals surface area contributed by atoms with Gasteiger partial charge in [-0.3, -0.25) is 4.79 Å². The highest BCUT2D eigenvalue weighted by Gasteiger charge is 2.21. The average Bonchev–Trinajstić information content (AvgIpc) is 2.93. The number of rotatable bonds is 3. The van der Waals surface area contributed by atoms with Gasteiger partial charge in [0, 0.05) is 44.4 Å². The van der Waals surface area contributed by atoms with Crippen LogP contribution in [0.2, 0.25) is 0 Å². The normalized spacial score (nSPS) is 15.1. The quantitative estimate of drug-likeness (QED) is 0.855. The number of anilines is 1. The summed E-state index contributed by atoms with van der Waals surface area (Å²) in [6, 6.07) is 3.98. The number of piperazine rings is 1. The maximum Gasteiger partial charge on any atom is 0.222 e. The van der Waals surface area contributed by atoms with Gasteiger partial charge in [0.2, 0.25) is 5.91 Å². The molecule has 3 heterocycles. The molecule has 0 radical (unpaired) electrons. The van der Waals surface area contributed by atoms with Crippen LogP contribution >= 0.6 is 0 Å². The molecular weight excluding hydrogens is 292 g/mol. The molecule has 122 valence electrons. The van der Waals surface area contributed by atoms with E-state index in [2.05, 4.69) is 20.0 Å². The third-order valence-electron chi connectivity index (χ3n) is 4.12. The fourth-order valence-corrected chi connectivity index (χ4v) is 2.90. The van der Waals surface area contributed by atoms with Gasteiger partial charge < -0.3 is 9.80 Å². The lowest BCUT2D eigenvalue weighted by molar-refractivity contribution is -0.131. The second-order valence-corrected chi connectivity index (χ2v) is 5.79. The molecule has 1 amide bonds. The van der Waals surface area contributed by atoms with Crippen molar-refractivity contribution in [2.75, 3.05) is 31.1 Å². The second kappa shape index (κ2) is 6.36. The van der Waals surface area contributed by atoms with Crippen LogP contribution in [-0.4, -0.2) is 56.7 Å². The van der Waals surface area contributed by atoms with Crippen LogP contribution in [0.15, 0.2) is 18.5 Å². The summed E-state index contributed by atoms with van der Waals surface area (Å²) < 4.78 is 1.83. The zero-order chi connectivity index (χ0) is 16.4. The largest absolute Gasteiger partial charge is 0.353 e. The summed E-state index contributed by atoms with van der Waals surface area (Å²) in [5, 5.41) is 4.47. The second-order valence-electron chi connectivity index (χ2n) is 5.79. The van der Waals surface area contributed by atoms with Crippen LogP contribution in [0.1, 0.15) is 24.7 Å². The zero-order valence-electron chi connectivity index (χ0n) is 13.9. The Bertz CT molecular complexity index is 702. The Labute approximate surface area is 135 Å². The smallest absolute Gasteiger partial charge is 0.222 e. The highest BCUT2D eigenvalue weighted by Crippen LogP contribution is 2.17. The van der Waals surface area contributed by atoms with Gasteiger partial charge in [0.1, 0.15) is 12.1 Å². The summed E-state index contributed by atoms with van der Waals surface area (Å²) in [6.07, 6.45) is 2.14. The monoisotopic (exact) mass is 314 g/mol. The Morgan fingerprint density at radius 2 is 1.78 bits per heavy atom. The van der Waals surface area contributed by atoms with Crippen molar-refractivity contribution in [3.8, 4) is 5.82 Å². The van der Waals surface area contributed by atoms with Gasteiger partial charge in [-0.2, -0.15) is 5.10 Å². The van der Waals surface area contributed by atoms with E-state index in [4.69, 9.17) is 0 Å². The summed E-state index contributed by atoms with van der Waals surface area (Å²) >= 11 is 0. The SMILES string of the molecule is CCC(=O)N1CCN(c2cc(-n3nc(C)cc3C)ncn2)CC1. The van der Waals surface area contributed by atoms with E-state index in [0.29, 0.717) is 6.42 Å². The van der Waals surface area contributed by atoms with Crippen molar-refractivity contribution < 1.29 is 4.79 Å². The van der Waals surface area contributed by atoms with Crippen LogP contribution in [0.5, 0.6) is 0 Å². The first kappa shape index (κ1) is 15.5. The van der Waals surface area contributed by atoms with Gasteiger partial charge >= 0.3 is 0 Å². The van der Waals surface area contributed by atoms with E-state index in [9.17, 15) is 4.79 Å². The molecule has 2 aromatic rings. The highest BCUT2D eigenvalue weighted by molar-refractivity contribution is 5.76. The Morgan fingerprint density at radius 1 is 1.09 bits per heavy atom. The van der Waals surface area contributed by atoms with E-state index in [-0.39, 0.29) is 5.91 Å². The Kier molecular flexibility index (Phi) is 4.27. The summed E-state index contributed by atoms with van der Waals surface area (Å²) in [4.78, 5) is 24.6. The summed E-state index contributed by atoms with van der Waals surface area (Å²) in [6.45, 7) is 8.95. The molecule has 7 heteroatoms. The summed E-state index contributed by atoms with van der Waals surface area (Å²) in [5.41, 5.74) is 2.01. The molecule has 1 saturated heterocycles. The van der Waals surface area contributed by atoms with Gasteiger partial charge in [-0.25, -0.2) is 14.6 Å². The number of aromatic nitrogens is 4. The molecule has 0 saturated carbocycles. The number of aryl methyl sites for hydroxylation is 2. The predicted molar refractivity (Wildman–Crippen MR) is 87.7 cm³/mol. The maximum absolute atomic E-state index is 11.8. The maximum atomic E-state index is 11.8. The lowest BCUT2D eigenvalue weighted by Crippen LogP contribution is -2.48. The number of carbonyl (C=O) groups excluding carboxylic acids is 1. The topological polar surface area (TPSA) is 67.2 Å². The first-order valence-electron chi connectivity index (χ1n) is 7.97. The molecule has 0 bridgehead atoms. The molecule has 0 spiro atoms. The number of hydrogen-bond donors (Lipinski definition) is 0. The van der Waals surface area contributed by atoms with E-state index in [1.54, 1.807) is 6.33 Å². The predicted octanol–water partition coefficient (Wildman–Crippen LogP) is 1.34. The fourth-order valence-electron chi connectivity index (χ4n) is 2.90. The molecule has 0 aliphatic carbocycles. The van der Waals surface area contributed by atoms with Gasteiger partial charge in [0.25, 0.3) is 0 Å².